The molecule has 0 radical (unpaired) electrons. The van der Waals surface area contributed by atoms with Gasteiger partial charge in [-0.05, 0) is 32.6 Å². The Morgan fingerprint density at radius 3 is 2.58 bits per heavy atom. The summed E-state index contributed by atoms with van der Waals surface area (Å²) in [6, 6.07) is -0.397. The fourth-order valence-corrected chi connectivity index (χ4v) is 2.59. The minimum Gasteiger partial charge on any atom is -0.392 e. The number of nitrogens with zero attached hydrogens (tertiary/aromatic N) is 1. The van der Waals surface area contributed by atoms with E-state index in [0.29, 0.717) is 19.4 Å². The smallest absolute Gasteiger partial charge is 0.242 e. The van der Waals surface area contributed by atoms with Gasteiger partial charge >= 0.3 is 0 Å². The van der Waals surface area contributed by atoms with Gasteiger partial charge in [0.2, 0.25) is 11.8 Å². The summed E-state index contributed by atoms with van der Waals surface area (Å²) >= 11 is 5.04. The highest BCUT2D eigenvalue weighted by Gasteiger charge is 2.42. The van der Waals surface area contributed by atoms with Crippen molar-refractivity contribution in [2.24, 2.45) is 11.1 Å². The average molecular weight is 285 g/mol. The Kier molecular flexibility index (Phi) is 5.29. The molecule has 1 rings (SSSR count). The third-order valence-corrected chi connectivity index (χ3v) is 4.49. The number of likely N-dealkylation sites (tertiary alicyclic amines) is 1. The molecule has 2 unspecified atom stereocenters. The number of likely N-dealkylation sites (N-methyl/N-ethyl adjacent to an activating group) is 1. The second-order valence-corrected chi connectivity index (χ2v) is 5.61. The maximum Gasteiger partial charge on any atom is 0.242 e. The fraction of sp³-hybridized carbons (Fsp3) is 0.769. The lowest BCUT2D eigenvalue weighted by atomic mass is 9.84. The van der Waals surface area contributed by atoms with Gasteiger partial charge in [-0.15, -0.1) is 0 Å². The summed E-state index contributed by atoms with van der Waals surface area (Å²) < 4.78 is 0. The highest BCUT2D eigenvalue weighted by molar-refractivity contribution is 7.80. The van der Waals surface area contributed by atoms with Crippen LogP contribution < -0.4 is 11.1 Å². The van der Waals surface area contributed by atoms with E-state index in [0.717, 1.165) is 12.8 Å². The quantitative estimate of drug-likeness (QED) is 0.750. The molecule has 1 heterocycles. The molecule has 6 heteroatoms. The zero-order valence-electron chi connectivity index (χ0n) is 11.9. The first kappa shape index (κ1) is 15.9. The second-order valence-electron chi connectivity index (χ2n) is 5.17. The average Bonchev–Trinajstić information content (AvgIpc) is 2.44. The summed E-state index contributed by atoms with van der Waals surface area (Å²) in [5, 5.41) is 2.62. The summed E-state index contributed by atoms with van der Waals surface area (Å²) in [6.45, 7) is 4.23. The number of carbonyl (C=O) groups excluding carboxylic acids is 2. The molecule has 1 fully saturated rings. The summed E-state index contributed by atoms with van der Waals surface area (Å²) in [5.74, 6) is -0.245. The van der Waals surface area contributed by atoms with Crippen LogP contribution in [0, 0.1) is 5.41 Å². The van der Waals surface area contributed by atoms with Crippen LogP contribution in [-0.4, -0.2) is 41.3 Å². The van der Waals surface area contributed by atoms with Crippen molar-refractivity contribution < 1.29 is 9.59 Å². The molecule has 2 atom stereocenters. The monoisotopic (exact) mass is 285 g/mol. The van der Waals surface area contributed by atoms with Crippen LogP contribution in [-0.2, 0) is 9.59 Å². The lowest BCUT2D eigenvalue weighted by Crippen LogP contribution is -2.57. The zero-order valence-corrected chi connectivity index (χ0v) is 12.7. The first-order chi connectivity index (χ1) is 8.88. The van der Waals surface area contributed by atoms with Crippen molar-refractivity contribution in [2.45, 2.75) is 45.6 Å². The van der Waals surface area contributed by atoms with E-state index in [1.54, 1.807) is 18.9 Å². The SMILES string of the molecule is CCC(C)(C(=O)N1CCCCC1C(=O)NC)C(N)=S. The highest BCUT2D eigenvalue weighted by Crippen LogP contribution is 2.29. The lowest BCUT2D eigenvalue weighted by molar-refractivity contribution is -0.147. The van der Waals surface area contributed by atoms with Gasteiger partial charge in [0.1, 0.15) is 6.04 Å². The van der Waals surface area contributed by atoms with Gasteiger partial charge in [-0.3, -0.25) is 9.59 Å². The highest BCUT2D eigenvalue weighted by atomic mass is 32.1. The van der Waals surface area contributed by atoms with Crippen LogP contribution in [0.1, 0.15) is 39.5 Å². The standard InChI is InChI=1S/C13H23N3O2S/c1-4-13(2,11(14)19)12(18)16-8-6-5-7-9(16)10(17)15-3/h9H,4-8H2,1-3H3,(H2,14,19)(H,15,17). The number of hydrogen-bond donors (Lipinski definition) is 2. The molecule has 0 bridgehead atoms. The normalized spacial score (nSPS) is 22.5. The molecule has 0 saturated carbocycles. The Labute approximate surface area is 119 Å². The van der Waals surface area contributed by atoms with Gasteiger partial charge in [0.25, 0.3) is 0 Å². The van der Waals surface area contributed by atoms with E-state index in [1.165, 1.54) is 0 Å². The van der Waals surface area contributed by atoms with Gasteiger partial charge in [-0.2, -0.15) is 0 Å². The van der Waals surface area contributed by atoms with Crippen LogP contribution in [0.5, 0.6) is 0 Å². The van der Waals surface area contributed by atoms with Crippen molar-refractivity contribution in [2.75, 3.05) is 13.6 Å². The van der Waals surface area contributed by atoms with Crippen LogP contribution >= 0.6 is 12.2 Å². The predicted octanol–water partition coefficient (Wildman–Crippen LogP) is 0.816. The molecule has 108 valence electrons. The maximum absolute atomic E-state index is 12.7. The molecule has 1 saturated heterocycles. The van der Waals surface area contributed by atoms with Crippen molar-refractivity contribution >= 4 is 29.0 Å². The Balaban J connectivity index is 3.00. The van der Waals surface area contributed by atoms with E-state index in [1.807, 2.05) is 6.92 Å². The minimum absolute atomic E-state index is 0.116. The van der Waals surface area contributed by atoms with Crippen molar-refractivity contribution in [1.82, 2.24) is 10.2 Å². The first-order valence-electron chi connectivity index (χ1n) is 6.71. The van der Waals surface area contributed by atoms with Crippen LogP contribution in [0.25, 0.3) is 0 Å². The molecule has 1 aliphatic heterocycles. The van der Waals surface area contributed by atoms with Gasteiger partial charge < -0.3 is 16.0 Å². The third-order valence-electron chi connectivity index (χ3n) is 4.04. The maximum atomic E-state index is 12.7. The number of rotatable bonds is 4. The summed E-state index contributed by atoms with van der Waals surface area (Å²) in [4.78, 5) is 26.4. The van der Waals surface area contributed by atoms with E-state index < -0.39 is 11.5 Å². The Hall–Kier alpha value is -1.17. The van der Waals surface area contributed by atoms with Crippen LogP contribution in [0.2, 0.25) is 0 Å². The molecule has 0 aromatic carbocycles. The Bertz CT molecular complexity index is 386. The van der Waals surface area contributed by atoms with E-state index in [4.69, 9.17) is 18.0 Å². The zero-order chi connectivity index (χ0) is 14.6. The van der Waals surface area contributed by atoms with E-state index >= 15 is 0 Å². The number of amides is 2. The van der Waals surface area contributed by atoms with Crippen molar-refractivity contribution in [3.8, 4) is 0 Å². The third kappa shape index (κ3) is 3.05. The molecule has 19 heavy (non-hydrogen) atoms. The van der Waals surface area contributed by atoms with Crippen LogP contribution in [0.15, 0.2) is 0 Å². The molecule has 1 aliphatic rings. The van der Waals surface area contributed by atoms with E-state index in [9.17, 15) is 9.59 Å². The molecular weight excluding hydrogens is 262 g/mol. The van der Waals surface area contributed by atoms with Gasteiger partial charge in [0.05, 0.1) is 10.4 Å². The number of piperidine rings is 1. The fourth-order valence-electron chi connectivity index (χ4n) is 2.36. The summed E-state index contributed by atoms with van der Waals surface area (Å²) in [6.07, 6.45) is 3.11. The topological polar surface area (TPSA) is 75.4 Å². The molecule has 0 spiro atoms. The van der Waals surface area contributed by atoms with Gasteiger partial charge in [-0.25, -0.2) is 0 Å². The lowest BCUT2D eigenvalue weighted by Gasteiger charge is -2.39. The first-order valence-corrected chi connectivity index (χ1v) is 7.11. The van der Waals surface area contributed by atoms with Crippen molar-refractivity contribution in [3.63, 3.8) is 0 Å². The van der Waals surface area contributed by atoms with Gasteiger partial charge in [-0.1, -0.05) is 19.1 Å². The largest absolute Gasteiger partial charge is 0.392 e. The van der Waals surface area contributed by atoms with E-state index in [2.05, 4.69) is 5.32 Å². The van der Waals surface area contributed by atoms with E-state index in [-0.39, 0.29) is 16.8 Å². The predicted molar refractivity (Wildman–Crippen MR) is 78.6 cm³/mol. The van der Waals surface area contributed by atoms with Crippen LogP contribution in [0.4, 0.5) is 0 Å². The Morgan fingerprint density at radius 2 is 2.11 bits per heavy atom. The Morgan fingerprint density at radius 1 is 1.47 bits per heavy atom. The second kappa shape index (κ2) is 6.32. The summed E-state index contributed by atoms with van der Waals surface area (Å²) in [7, 11) is 1.59. The number of hydrogen-bond acceptors (Lipinski definition) is 3. The molecule has 0 aliphatic carbocycles. The minimum atomic E-state index is -0.862. The van der Waals surface area contributed by atoms with Crippen molar-refractivity contribution in [1.29, 1.82) is 0 Å². The van der Waals surface area contributed by atoms with Gasteiger partial charge in [0.15, 0.2) is 0 Å². The number of nitrogens with two attached hydrogens (primary N) is 1. The molecule has 2 amide bonds. The van der Waals surface area contributed by atoms with Crippen molar-refractivity contribution in [3.05, 3.63) is 0 Å². The van der Waals surface area contributed by atoms with Crippen LogP contribution in [0.3, 0.4) is 0 Å². The molecule has 0 aromatic rings. The molecular formula is C13H23N3O2S. The van der Waals surface area contributed by atoms with Gasteiger partial charge in [0, 0.05) is 13.6 Å². The summed E-state index contributed by atoms with van der Waals surface area (Å²) in [5.41, 5.74) is 4.86. The molecule has 0 aromatic heterocycles. The molecule has 3 N–H and O–H groups in total. The number of carbonyl (C=O) groups is 2. The number of thiocarbonyl (C=S) groups is 1. The molecule has 5 nitrogen and oxygen atoms in total. The number of nitrogens with one attached hydrogen (secondary N) is 1.